The van der Waals surface area contributed by atoms with Gasteiger partial charge >= 0.3 is 5.69 Å². The maximum atomic E-state index is 12.9. The summed E-state index contributed by atoms with van der Waals surface area (Å²) in [6.45, 7) is 0.336. The predicted octanol–water partition coefficient (Wildman–Crippen LogP) is 2.97. The fourth-order valence-corrected chi connectivity index (χ4v) is 5.53. The second-order valence-electron chi connectivity index (χ2n) is 8.47. The Morgan fingerprint density at radius 2 is 1.97 bits per heavy atom. The van der Waals surface area contributed by atoms with Crippen LogP contribution in [0.25, 0.3) is 22.7 Å². The molecule has 0 radical (unpaired) electrons. The van der Waals surface area contributed by atoms with Gasteiger partial charge in [0.1, 0.15) is 0 Å². The van der Waals surface area contributed by atoms with Crippen LogP contribution in [0, 0.1) is 0 Å². The highest BCUT2D eigenvalue weighted by Gasteiger charge is 2.25. The number of furan rings is 1. The number of nitrogens with zero attached hydrogens (tertiary/aromatic N) is 7. The molecule has 0 saturated heterocycles. The molecule has 33 heavy (non-hydrogen) atoms. The summed E-state index contributed by atoms with van der Waals surface area (Å²) in [7, 11) is 3.40. The Kier molecular flexibility index (Phi) is 5.96. The summed E-state index contributed by atoms with van der Waals surface area (Å²) in [5.74, 6) is 2.20. The van der Waals surface area contributed by atoms with Crippen LogP contribution in [0.2, 0.25) is 0 Å². The van der Waals surface area contributed by atoms with E-state index in [2.05, 4.69) is 19.7 Å². The second kappa shape index (κ2) is 9.05. The smallest absolute Gasteiger partial charge is 0.332 e. The highest BCUT2D eigenvalue weighted by atomic mass is 32.2. The molecule has 0 spiro atoms. The van der Waals surface area contributed by atoms with Crippen LogP contribution in [-0.4, -0.2) is 39.2 Å². The van der Waals surface area contributed by atoms with E-state index < -0.39 is 0 Å². The number of fused-ring (bicyclic) bond motifs is 1. The topological polar surface area (TPSA) is 106 Å². The maximum absolute atomic E-state index is 12.9. The number of aryl methyl sites for hydroxylation is 2. The molecule has 0 bridgehead atoms. The summed E-state index contributed by atoms with van der Waals surface area (Å²) in [5, 5.41) is 9.74. The fraction of sp³-hybridized carbons (Fsp3) is 0.500. The molecular formula is C22H27N7O3S. The molecule has 4 aromatic heterocycles. The Bertz CT molecular complexity index is 1370. The standard InChI is InChI=1S/C22H27N7O3S/c1-26-14-23-19-17(26)20(30)28(22(31)27(19)2)11-7-13-33-21-25-24-18(16-10-6-12-32-16)29(21)15-8-4-3-5-9-15/h6,10,12,14-15H,3-5,7-9,11,13H2,1-2H3. The highest BCUT2D eigenvalue weighted by molar-refractivity contribution is 7.99. The second-order valence-corrected chi connectivity index (χ2v) is 9.54. The van der Waals surface area contributed by atoms with Gasteiger partial charge in [-0.3, -0.25) is 18.5 Å². The van der Waals surface area contributed by atoms with Crippen LogP contribution in [0.1, 0.15) is 44.6 Å². The molecule has 10 nitrogen and oxygen atoms in total. The van der Waals surface area contributed by atoms with Crippen LogP contribution in [-0.2, 0) is 20.6 Å². The molecule has 0 amide bonds. The van der Waals surface area contributed by atoms with E-state index in [4.69, 9.17) is 4.42 Å². The van der Waals surface area contributed by atoms with Crippen LogP contribution in [0.3, 0.4) is 0 Å². The van der Waals surface area contributed by atoms with Gasteiger partial charge in [0.15, 0.2) is 22.1 Å². The predicted molar refractivity (Wildman–Crippen MR) is 125 cm³/mol. The van der Waals surface area contributed by atoms with Crippen LogP contribution in [0.5, 0.6) is 0 Å². The van der Waals surface area contributed by atoms with E-state index in [1.54, 1.807) is 43.0 Å². The summed E-state index contributed by atoms with van der Waals surface area (Å²) in [5.41, 5.74) is 0.194. The van der Waals surface area contributed by atoms with Gasteiger partial charge in [-0.15, -0.1) is 10.2 Å². The van der Waals surface area contributed by atoms with E-state index in [9.17, 15) is 9.59 Å². The minimum atomic E-state index is -0.346. The third kappa shape index (κ3) is 3.94. The molecule has 0 unspecified atom stereocenters. The minimum Gasteiger partial charge on any atom is -0.461 e. The first-order valence-electron chi connectivity index (χ1n) is 11.3. The molecule has 5 rings (SSSR count). The van der Waals surface area contributed by atoms with E-state index in [1.165, 1.54) is 28.4 Å². The quantitative estimate of drug-likeness (QED) is 0.303. The van der Waals surface area contributed by atoms with Crippen molar-refractivity contribution in [3.05, 3.63) is 45.6 Å². The van der Waals surface area contributed by atoms with Crippen molar-refractivity contribution < 1.29 is 4.42 Å². The van der Waals surface area contributed by atoms with Gasteiger partial charge < -0.3 is 8.98 Å². The molecule has 11 heteroatoms. The lowest BCUT2D eigenvalue weighted by Gasteiger charge is -2.25. The van der Waals surface area contributed by atoms with Crippen molar-refractivity contribution in [2.75, 3.05) is 5.75 Å². The van der Waals surface area contributed by atoms with Gasteiger partial charge in [-0.2, -0.15) is 0 Å². The third-order valence-electron chi connectivity index (χ3n) is 6.30. The Morgan fingerprint density at radius 3 is 2.73 bits per heavy atom. The minimum absolute atomic E-state index is 0.302. The van der Waals surface area contributed by atoms with Gasteiger partial charge in [0.2, 0.25) is 5.82 Å². The molecule has 1 saturated carbocycles. The number of aromatic nitrogens is 7. The zero-order valence-corrected chi connectivity index (χ0v) is 19.6. The first-order valence-corrected chi connectivity index (χ1v) is 12.3. The van der Waals surface area contributed by atoms with Gasteiger partial charge in [0.05, 0.1) is 12.6 Å². The van der Waals surface area contributed by atoms with Crippen molar-refractivity contribution in [2.24, 2.45) is 14.1 Å². The van der Waals surface area contributed by atoms with Crippen LogP contribution < -0.4 is 11.2 Å². The van der Waals surface area contributed by atoms with E-state index in [1.807, 2.05) is 12.1 Å². The molecule has 174 valence electrons. The van der Waals surface area contributed by atoms with Crippen LogP contribution >= 0.6 is 11.8 Å². The molecule has 0 atom stereocenters. The van der Waals surface area contributed by atoms with Gasteiger partial charge in [0.25, 0.3) is 5.56 Å². The van der Waals surface area contributed by atoms with E-state index in [0.717, 1.165) is 29.6 Å². The number of imidazole rings is 1. The summed E-state index contributed by atoms with van der Waals surface area (Å²) >= 11 is 1.61. The molecule has 4 heterocycles. The lowest BCUT2D eigenvalue weighted by Crippen LogP contribution is -2.39. The van der Waals surface area contributed by atoms with Gasteiger partial charge in [-0.25, -0.2) is 9.78 Å². The fourth-order valence-electron chi connectivity index (χ4n) is 4.60. The maximum Gasteiger partial charge on any atom is 0.332 e. The largest absolute Gasteiger partial charge is 0.461 e. The monoisotopic (exact) mass is 469 g/mol. The molecule has 0 N–H and O–H groups in total. The molecule has 1 aliphatic rings. The number of hydrogen-bond donors (Lipinski definition) is 0. The summed E-state index contributed by atoms with van der Waals surface area (Å²) in [4.78, 5) is 29.8. The Hall–Kier alpha value is -3.08. The molecule has 4 aromatic rings. The highest BCUT2D eigenvalue weighted by Crippen LogP contribution is 2.35. The summed E-state index contributed by atoms with van der Waals surface area (Å²) in [6.07, 6.45) is 9.74. The first-order chi connectivity index (χ1) is 16.1. The van der Waals surface area contributed by atoms with E-state index in [-0.39, 0.29) is 11.2 Å². The normalized spacial score (nSPS) is 15.0. The van der Waals surface area contributed by atoms with Gasteiger partial charge in [-0.1, -0.05) is 31.0 Å². The zero-order chi connectivity index (χ0) is 22.9. The SMILES string of the molecule is Cn1cnc2c1c(=O)n(CCCSc1nnc(-c3ccco3)n1C1CCCCC1)c(=O)n2C. The van der Waals surface area contributed by atoms with Gasteiger partial charge in [0, 0.05) is 32.4 Å². The van der Waals surface area contributed by atoms with E-state index in [0.29, 0.717) is 35.9 Å². The number of hydrogen-bond acceptors (Lipinski definition) is 7. The average Bonchev–Trinajstić information content (AvgIpc) is 3.57. The lowest BCUT2D eigenvalue weighted by molar-refractivity contribution is 0.337. The molecule has 0 aromatic carbocycles. The first kappa shape index (κ1) is 21.7. The molecular weight excluding hydrogens is 442 g/mol. The lowest BCUT2D eigenvalue weighted by atomic mass is 9.95. The van der Waals surface area contributed by atoms with Crippen LogP contribution in [0.4, 0.5) is 0 Å². The summed E-state index contributed by atoms with van der Waals surface area (Å²) < 4.78 is 12.2. The van der Waals surface area contributed by atoms with Crippen molar-refractivity contribution in [3.63, 3.8) is 0 Å². The van der Waals surface area contributed by atoms with Crippen molar-refractivity contribution >= 4 is 22.9 Å². The van der Waals surface area contributed by atoms with Crippen molar-refractivity contribution in [2.45, 2.75) is 56.3 Å². The van der Waals surface area contributed by atoms with Crippen LogP contribution in [0.15, 0.2) is 43.9 Å². The number of rotatable bonds is 7. The van der Waals surface area contributed by atoms with E-state index >= 15 is 0 Å². The van der Waals surface area contributed by atoms with Crippen molar-refractivity contribution in [3.8, 4) is 11.6 Å². The summed E-state index contributed by atoms with van der Waals surface area (Å²) in [6, 6.07) is 4.13. The van der Waals surface area contributed by atoms with Crippen molar-refractivity contribution in [1.29, 1.82) is 0 Å². The number of thioether (sulfide) groups is 1. The van der Waals surface area contributed by atoms with Gasteiger partial charge in [-0.05, 0) is 31.4 Å². The Labute approximate surface area is 194 Å². The molecule has 0 aliphatic heterocycles. The Balaban J connectivity index is 1.34. The average molecular weight is 470 g/mol. The Morgan fingerprint density at radius 1 is 1.15 bits per heavy atom. The third-order valence-corrected chi connectivity index (χ3v) is 7.33. The van der Waals surface area contributed by atoms with Crippen molar-refractivity contribution in [1.82, 2.24) is 33.4 Å². The molecule has 1 aliphatic carbocycles. The molecule has 1 fully saturated rings. The zero-order valence-electron chi connectivity index (χ0n) is 18.8.